The Morgan fingerprint density at radius 2 is 2.00 bits per heavy atom. The maximum Gasteiger partial charge on any atom is 1.00 e. The molecule has 0 aromatic carbocycles. The van der Waals surface area contributed by atoms with Gasteiger partial charge in [0.25, 0.3) is 0 Å². The monoisotopic (exact) mass is 322 g/mol. The van der Waals surface area contributed by atoms with Crippen LogP contribution < -0.4 is 40.0 Å². The van der Waals surface area contributed by atoms with Crippen LogP contribution in [0.4, 0.5) is 0 Å². The SMILES string of the molecule is C.CC(=O)N[C@@H]1/C(=N/O)C=C(C(=O)[O-])[C@H]2OC(C)(C)O[C@H]21.[Na+]. The predicted molar refractivity (Wildman–Crippen MR) is 70.5 cm³/mol. The van der Waals surface area contributed by atoms with Crippen LogP contribution in [-0.2, 0) is 19.1 Å². The van der Waals surface area contributed by atoms with Gasteiger partial charge in [0.05, 0.1) is 5.97 Å². The molecule has 2 N–H and O–H groups in total. The maximum absolute atomic E-state index is 11.2. The number of nitrogens with one attached hydrogen (secondary N) is 1. The van der Waals surface area contributed by atoms with Crippen LogP contribution in [0.2, 0.25) is 0 Å². The summed E-state index contributed by atoms with van der Waals surface area (Å²) < 4.78 is 11.1. The van der Waals surface area contributed by atoms with Crippen LogP contribution in [0.1, 0.15) is 28.2 Å². The Morgan fingerprint density at radius 3 is 2.45 bits per heavy atom. The van der Waals surface area contributed by atoms with Gasteiger partial charge >= 0.3 is 29.6 Å². The second-order valence-electron chi connectivity index (χ2n) is 5.11. The van der Waals surface area contributed by atoms with Crippen molar-refractivity contribution in [1.82, 2.24) is 5.32 Å². The number of fused-ring (bicyclic) bond motifs is 1. The first-order chi connectivity index (χ1) is 9.25. The van der Waals surface area contributed by atoms with E-state index in [0.717, 1.165) is 6.08 Å². The van der Waals surface area contributed by atoms with Gasteiger partial charge in [-0.05, 0) is 19.9 Å². The van der Waals surface area contributed by atoms with Gasteiger partial charge in [-0.15, -0.1) is 0 Å². The summed E-state index contributed by atoms with van der Waals surface area (Å²) in [5, 5.41) is 25.7. The van der Waals surface area contributed by atoms with E-state index in [1.807, 2.05) is 0 Å². The van der Waals surface area contributed by atoms with E-state index in [0.29, 0.717) is 0 Å². The molecule has 8 nitrogen and oxygen atoms in total. The molecule has 1 saturated heterocycles. The molecule has 0 radical (unpaired) electrons. The molecule has 22 heavy (non-hydrogen) atoms. The summed E-state index contributed by atoms with van der Waals surface area (Å²) in [5.41, 5.74) is -0.211. The van der Waals surface area contributed by atoms with Crippen LogP contribution in [-0.4, -0.2) is 46.8 Å². The van der Waals surface area contributed by atoms with E-state index >= 15 is 0 Å². The molecule has 1 aliphatic carbocycles. The van der Waals surface area contributed by atoms with E-state index in [1.165, 1.54) is 6.92 Å². The predicted octanol–water partition coefficient (Wildman–Crippen LogP) is -3.83. The normalized spacial score (nSPS) is 30.4. The van der Waals surface area contributed by atoms with Crippen molar-refractivity contribution in [3.63, 3.8) is 0 Å². The van der Waals surface area contributed by atoms with Gasteiger partial charge in [0.15, 0.2) is 5.79 Å². The average molecular weight is 322 g/mol. The van der Waals surface area contributed by atoms with Gasteiger partial charge in [0, 0.05) is 12.5 Å². The van der Waals surface area contributed by atoms with Crippen molar-refractivity contribution in [3.05, 3.63) is 11.6 Å². The quantitative estimate of drug-likeness (QED) is 0.305. The first kappa shape index (κ1) is 21.1. The second kappa shape index (κ2) is 7.56. The second-order valence-corrected chi connectivity index (χ2v) is 5.11. The molecule has 1 amide bonds. The van der Waals surface area contributed by atoms with Crippen molar-refractivity contribution in [2.45, 2.75) is 52.2 Å². The van der Waals surface area contributed by atoms with Gasteiger partial charge in [-0.1, -0.05) is 12.6 Å². The average Bonchev–Trinajstić information content (AvgIpc) is 2.63. The third kappa shape index (κ3) is 4.08. The molecule has 3 atom stereocenters. The summed E-state index contributed by atoms with van der Waals surface area (Å²) in [6.45, 7) is 4.54. The zero-order valence-electron chi connectivity index (χ0n) is 12.2. The Morgan fingerprint density at radius 1 is 1.41 bits per heavy atom. The number of carbonyl (C=O) groups is 2. The molecule has 0 spiro atoms. The van der Waals surface area contributed by atoms with E-state index in [9.17, 15) is 14.7 Å². The molecular weight excluding hydrogens is 303 g/mol. The van der Waals surface area contributed by atoms with Gasteiger partial charge < -0.3 is 29.9 Å². The van der Waals surface area contributed by atoms with Crippen molar-refractivity contribution in [2.24, 2.45) is 5.16 Å². The summed E-state index contributed by atoms with van der Waals surface area (Å²) in [5.74, 6) is -2.83. The van der Waals surface area contributed by atoms with Crippen molar-refractivity contribution >= 4 is 17.6 Å². The Kier molecular flexibility index (Phi) is 7.24. The minimum atomic E-state index is -1.44. The number of nitrogens with zero attached hydrogens (tertiary/aromatic N) is 1. The largest absolute Gasteiger partial charge is 1.00 e. The first-order valence-electron chi connectivity index (χ1n) is 6.03. The summed E-state index contributed by atoms with van der Waals surface area (Å²) in [7, 11) is 0. The molecule has 1 fully saturated rings. The van der Waals surface area contributed by atoms with Crippen LogP contribution in [0.25, 0.3) is 0 Å². The fourth-order valence-electron chi connectivity index (χ4n) is 2.41. The number of carboxylic acid groups (broad SMARTS) is 1. The van der Waals surface area contributed by atoms with Crippen molar-refractivity contribution in [2.75, 3.05) is 0 Å². The molecular formula is C13H19N2NaO6. The zero-order valence-corrected chi connectivity index (χ0v) is 14.2. The number of amides is 1. The smallest absolute Gasteiger partial charge is 0.545 e. The van der Waals surface area contributed by atoms with Gasteiger partial charge in [-0.25, -0.2) is 0 Å². The number of ether oxygens (including phenoxy) is 2. The molecule has 1 heterocycles. The summed E-state index contributed by atoms with van der Waals surface area (Å²) >= 11 is 0. The van der Waals surface area contributed by atoms with E-state index in [2.05, 4.69) is 10.5 Å². The minimum Gasteiger partial charge on any atom is -0.545 e. The van der Waals surface area contributed by atoms with Crippen molar-refractivity contribution in [1.29, 1.82) is 0 Å². The van der Waals surface area contributed by atoms with E-state index < -0.39 is 30.0 Å². The third-order valence-electron chi connectivity index (χ3n) is 3.10. The number of oxime groups is 1. The van der Waals surface area contributed by atoms with Crippen LogP contribution in [0, 0.1) is 0 Å². The molecule has 9 heteroatoms. The fourth-order valence-corrected chi connectivity index (χ4v) is 2.41. The van der Waals surface area contributed by atoms with Gasteiger partial charge in [0.1, 0.15) is 24.0 Å². The Bertz CT molecular complexity index is 517. The molecule has 1 aliphatic heterocycles. The molecule has 2 rings (SSSR count). The van der Waals surface area contributed by atoms with Crippen LogP contribution in [0.15, 0.2) is 16.8 Å². The van der Waals surface area contributed by atoms with E-state index in [1.54, 1.807) is 13.8 Å². The number of hydrogen-bond acceptors (Lipinski definition) is 7. The van der Waals surface area contributed by atoms with Gasteiger partial charge in [0.2, 0.25) is 5.91 Å². The van der Waals surface area contributed by atoms with Crippen molar-refractivity contribution < 1.29 is 58.9 Å². The molecule has 0 aromatic heterocycles. The van der Waals surface area contributed by atoms with Crippen LogP contribution in [0.3, 0.4) is 0 Å². The number of carbonyl (C=O) groups excluding carboxylic acids is 2. The summed E-state index contributed by atoms with van der Waals surface area (Å²) in [6, 6.07) is -0.799. The molecule has 0 aromatic rings. The van der Waals surface area contributed by atoms with E-state index in [4.69, 9.17) is 14.7 Å². The number of hydrogen-bond donors (Lipinski definition) is 2. The van der Waals surface area contributed by atoms with Crippen molar-refractivity contribution in [3.8, 4) is 0 Å². The standard InChI is InChI=1S/C12H16N2O6.CH4.Na/c1-5(15)13-8-7(14-18)4-6(11(16)17)9-10(8)20-12(2,3)19-9;;/h4,8-10,18H,1-3H3,(H,13,15)(H,16,17);1H4;/q;;+1/p-1/b14-7+;;/t8-,9-,10+;;/m1../s1. The zero-order chi connectivity index (χ0) is 15.1. The molecule has 0 bridgehead atoms. The molecule has 0 saturated carbocycles. The fraction of sp³-hybridized carbons (Fsp3) is 0.615. The number of aliphatic carboxylic acids is 1. The number of rotatable bonds is 2. The third-order valence-corrected chi connectivity index (χ3v) is 3.10. The summed E-state index contributed by atoms with van der Waals surface area (Å²) in [4.78, 5) is 22.4. The summed E-state index contributed by atoms with van der Waals surface area (Å²) in [6.07, 6.45) is -0.586. The molecule has 0 unspecified atom stereocenters. The number of carboxylic acids is 1. The topological polar surface area (TPSA) is 120 Å². The van der Waals surface area contributed by atoms with Gasteiger partial charge in [-0.2, -0.15) is 0 Å². The molecule has 2 aliphatic rings. The van der Waals surface area contributed by atoms with E-state index in [-0.39, 0.29) is 54.2 Å². The Balaban J connectivity index is 0.00000220. The minimum absolute atomic E-state index is 0. The molecule has 118 valence electrons. The van der Waals surface area contributed by atoms with Gasteiger partial charge in [-0.3, -0.25) is 4.79 Å². The first-order valence-corrected chi connectivity index (χ1v) is 6.03. The van der Waals surface area contributed by atoms with Crippen LogP contribution >= 0.6 is 0 Å². The van der Waals surface area contributed by atoms with Crippen LogP contribution in [0.5, 0.6) is 0 Å². The maximum atomic E-state index is 11.2. The Hall–Kier alpha value is -0.930. The Labute approximate surface area is 150 Å².